The molecule has 0 saturated carbocycles. The number of piperidine rings is 1. The predicted octanol–water partition coefficient (Wildman–Crippen LogP) is 2.50. The van der Waals surface area contributed by atoms with Gasteiger partial charge in [0.05, 0.1) is 6.61 Å². The van der Waals surface area contributed by atoms with Gasteiger partial charge in [-0.2, -0.15) is 11.8 Å². The molecule has 106 valence electrons. The van der Waals surface area contributed by atoms with Gasteiger partial charge < -0.3 is 14.7 Å². The highest BCUT2D eigenvalue weighted by molar-refractivity contribution is 7.99. The van der Waals surface area contributed by atoms with E-state index in [1.165, 1.54) is 6.42 Å². The molecule has 4 nitrogen and oxygen atoms in total. The monoisotopic (exact) mass is 275 g/mol. The van der Waals surface area contributed by atoms with Crippen LogP contribution in [-0.4, -0.2) is 52.4 Å². The third-order valence-corrected chi connectivity index (χ3v) is 3.89. The van der Waals surface area contributed by atoms with Crippen LogP contribution in [0.3, 0.4) is 0 Å². The van der Waals surface area contributed by atoms with Gasteiger partial charge in [-0.15, -0.1) is 0 Å². The summed E-state index contributed by atoms with van der Waals surface area (Å²) in [5, 5.41) is 8.80. The lowest BCUT2D eigenvalue weighted by molar-refractivity contribution is 0.0126. The first-order chi connectivity index (χ1) is 8.44. The van der Waals surface area contributed by atoms with Crippen LogP contribution < -0.4 is 0 Å². The second-order valence-corrected chi connectivity index (χ2v) is 6.77. The summed E-state index contributed by atoms with van der Waals surface area (Å²) in [4.78, 5) is 14.0. The number of ether oxygens (including phenoxy) is 1. The zero-order valence-corrected chi connectivity index (χ0v) is 12.5. The van der Waals surface area contributed by atoms with Crippen LogP contribution in [0.1, 0.15) is 40.0 Å². The Kier molecular flexibility index (Phi) is 6.29. The van der Waals surface area contributed by atoms with Crippen molar-refractivity contribution < 1.29 is 14.6 Å². The minimum Gasteiger partial charge on any atom is -0.444 e. The van der Waals surface area contributed by atoms with Gasteiger partial charge in [0.1, 0.15) is 5.60 Å². The fourth-order valence-electron chi connectivity index (χ4n) is 2.02. The van der Waals surface area contributed by atoms with Crippen molar-refractivity contribution in [2.24, 2.45) is 0 Å². The maximum atomic E-state index is 12.1. The molecule has 0 radical (unpaired) electrons. The largest absolute Gasteiger partial charge is 0.444 e. The van der Waals surface area contributed by atoms with Gasteiger partial charge >= 0.3 is 6.09 Å². The topological polar surface area (TPSA) is 49.8 Å². The van der Waals surface area contributed by atoms with Gasteiger partial charge in [-0.3, -0.25) is 0 Å². The molecule has 1 heterocycles. The highest BCUT2D eigenvalue weighted by Gasteiger charge is 2.30. The number of aliphatic hydroxyl groups excluding tert-OH is 1. The Labute approximate surface area is 114 Å². The average Bonchev–Trinajstić information content (AvgIpc) is 2.27. The highest BCUT2D eigenvalue weighted by atomic mass is 32.2. The predicted molar refractivity (Wildman–Crippen MR) is 75.0 cm³/mol. The van der Waals surface area contributed by atoms with E-state index in [0.29, 0.717) is 0 Å². The van der Waals surface area contributed by atoms with Gasteiger partial charge in [-0.05, 0) is 40.0 Å². The third-order valence-electron chi connectivity index (χ3n) is 2.80. The summed E-state index contributed by atoms with van der Waals surface area (Å²) in [6.45, 7) is 6.67. The first-order valence-electron chi connectivity index (χ1n) is 6.62. The van der Waals surface area contributed by atoms with Gasteiger partial charge in [0.15, 0.2) is 0 Å². The molecule has 1 saturated heterocycles. The zero-order valence-electron chi connectivity index (χ0n) is 11.6. The van der Waals surface area contributed by atoms with Crippen LogP contribution in [0, 0.1) is 0 Å². The summed E-state index contributed by atoms with van der Waals surface area (Å²) < 4.78 is 5.44. The quantitative estimate of drug-likeness (QED) is 0.801. The Morgan fingerprint density at radius 2 is 2.17 bits per heavy atom. The molecule has 1 N–H and O–H groups in total. The summed E-state index contributed by atoms with van der Waals surface area (Å²) in [7, 11) is 0. The second-order valence-electron chi connectivity index (χ2n) is 5.62. The molecule has 1 fully saturated rings. The minimum absolute atomic E-state index is 0.197. The van der Waals surface area contributed by atoms with Crippen molar-refractivity contribution in [1.82, 2.24) is 4.90 Å². The molecule has 18 heavy (non-hydrogen) atoms. The number of rotatable bonds is 4. The Hall–Kier alpha value is -0.420. The van der Waals surface area contributed by atoms with Gasteiger partial charge in [-0.25, -0.2) is 4.79 Å². The number of hydrogen-bond acceptors (Lipinski definition) is 4. The molecular weight excluding hydrogens is 250 g/mol. The van der Waals surface area contributed by atoms with Gasteiger partial charge in [0.25, 0.3) is 0 Å². The van der Waals surface area contributed by atoms with E-state index in [2.05, 4.69) is 0 Å². The summed E-state index contributed by atoms with van der Waals surface area (Å²) in [5.74, 6) is 1.62. The van der Waals surface area contributed by atoms with Crippen molar-refractivity contribution in [2.45, 2.75) is 51.7 Å². The number of likely N-dealkylation sites (tertiary alicyclic amines) is 1. The van der Waals surface area contributed by atoms with E-state index in [1.54, 1.807) is 11.8 Å². The molecule has 1 aliphatic rings. The lowest BCUT2D eigenvalue weighted by atomic mass is 10.0. The summed E-state index contributed by atoms with van der Waals surface area (Å²) in [5.41, 5.74) is -0.433. The van der Waals surface area contributed by atoms with Crippen LogP contribution in [0.2, 0.25) is 0 Å². The van der Waals surface area contributed by atoms with Gasteiger partial charge in [-0.1, -0.05) is 0 Å². The molecule has 0 aromatic heterocycles. The lowest BCUT2D eigenvalue weighted by Gasteiger charge is -2.36. The smallest absolute Gasteiger partial charge is 0.410 e. The van der Waals surface area contributed by atoms with Crippen LogP contribution in [0.15, 0.2) is 0 Å². The number of carbonyl (C=O) groups excluding carboxylic acids is 1. The Morgan fingerprint density at radius 1 is 1.44 bits per heavy atom. The zero-order chi connectivity index (χ0) is 13.6. The number of nitrogens with zero attached hydrogens (tertiary/aromatic N) is 1. The van der Waals surface area contributed by atoms with Crippen LogP contribution in [-0.2, 0) is 4.74 Å². The maximum absolute atomic E-state index is 12.1. The lowest BCUT2D eigenvalue weighted by Crippen LogP contribution is -2.47. The first kappa shape index (κ1) is 15.6. The summed E-state index contributed by atoms with van der Waals surface area (Å²) in [6.07, 6.45) is 3.07. The number of carbonyl (C=O) groups is 1. The van der Waals surface area contributed by atoms with Crippen molar-refractivity contribution in [1.29, 1.82) is 0 Å². The standard InChI is InChI=1S/C13H25NO3S/c1-13(2,3)17-12(16)14-7-5-4-6-11(14)10-18-9-8-15/h11,15H,4-10H2,1-3H3/t11-/m0/s1. The third kappa shape index (κ3) is 5.48. The Bertz CT molecular complexity index is 265. The summed E-state index contributed by atoms with van der Waals surface area (Å²) in [6, 6.07) is 0.255. The fraction of sp³-hybridized carbons (Fsp3) is 0.923. The van der Waals surface area contributed by atoms with Crippen LogP contribution in [0.25, 0.3) is 0 Å². The molecule has 0 unspecified atom stereocenters. The average molecular weight is 275 g/mol. The molecular formula is C13H25NO3S. The minimum atomic E-state index is -0.433. The van der Waals surface area contributed by atoms with Gasteiger partial charge in [0, 0.05) is 24.1 Å². The highest BCUT2D eigenvalue weighted by Crippen LogP contribution is 2.23. The van der Waals surface area contributed by atoms with E-state index in [9.17, 15) is 4.79 Å². The van der Waals surface area contributed by atoms with Crippen molar-refractivity contribution in [2.75, 3.05) is 24.7 Å². The molecule has 5 heteroatoms. The fourth-order valence-corrected chi connectivity index (χ4v) is 2.93. The van der Waals surface area contributed by atoms with E-state index in [0.717, 1.165) is 30.9 Å². The molecule has 1 amide bonds. The normalized spacial score (nSPS) is 20.9. The number of hydrogen-bond donors (Lipinski definition) is 1. The van der Waals surface area contributed by atoms with Crippen molar-refractivity contribution >= 4 is 17.9 Å². The molecule has 1 rings (SSSR count). The summed E-state index contributed by atoms with van der Waals surface area (Å²) >= 11 is 1.70. The maximum Gasteiger partial charge on any atom is 0.410 e. The number of amides is 1. The molecule has 0 aromatic carbocycles. The van der Waals surface area contributed by atoms with Crippen LogP contribution in [0.4, 0.5) is 4.79 Å². The van der Waals surface area contributed by atoms with E-state index < -0.39 is 5.60 Å². The van der Waals surface area contributed by atoms with E-state index >= 15 is 0 Å². The van der Waals surface area contributed by atoms with Crippen LogP contribution in [0.5, 0.6) is 0 Å². The number of thioether (sulfide) groups is 1. The second kappa shape index (κ2) is 7.24. The Balaban J connectivity index is 2.50. The van der Waals surface area contributed by atoms with Crippen molar-refractivity contribution in [3.05, 3.63) is 0 Å². The van der Waals surface area contributed by atoms with Crippen molar-refractivity contribution in [3.8, 4) is 0 Å². The molecule has 0 aliphatic carbocycles. The SMILES string of the molecule is CC(C)(C)OC(=O)N1CCCC[C@H]1CSCCO. The number of aliphatic hydroxyl groups is 1. The molecule has 1 atom stereocenters. The molecule has 0 spiro atoms. The Morgan fingerprint density at radius 3 is 2.78 bits per heavy atom. The van der Waals surface area contributed by atoms with Crippen molar-refractivity contribution in [3.63, 3.8) is 0 Å². The van der Waals surface area contributed by atoms with E-state index in [-0.39, 0.29) is 18.7 Å². The molecule has 0 bridgehead atoms. The molecule has 0 aromatic rings. The van der Waals surface area contributed by atoms with E-state index in [1.807, 2.05) is 25.7 Å². The first-order valence-corrected chi connectivity index (χ1v) is 7.78. The van der Waals surface area contributed by atoms with Gasteiger partial charge in [0.2, 0.25) is 0 Å². The van der Waals surface area contributed by atoms with E-state index in [4.69, 9.17) is 9.84 Å². The molecule has 1 aliphatic heterocycles. The van der Waals surface area contributed by atoms with Crippen LogP contribution >= 0.6 is 11.8 Å².